The lowest BCUT2D eigenvalue weighted by Gasteiger charge is -2.22. The van der Waals surface area contributed by atoms with Gasteiger partial charge in [0.05, 0.1) is 20.0 Å². The first-order chi connectivity index (χ1) is 15.6. The molecule has 0 unspecified atom stereocenters. The summed E-state index contributed by atoms with van der Waals surface area (Å²) in [6, 6.07) is 12.1. The third-order valence-corrected chi connectivity index (χ3v) is 6.08. The van der Waals surface area contributed by atoms with Crippen molar-refractivity contribution >= 4 is 22.4 Å². The molecule has 0 saturated heterocycles. The number of hydrogen-bond acceptors (Lipinski definition) is 4. The lowest BCUT2D eigenvalue weighted by atomic mass is 9.95. The van der Waals surface area contributed by atoms with E-state index in [1.54, 1.807) is 19.4 Å². The quantitative estimate of drug-likeness (QED) is 0.441. The van der Waals surface area contributed by atoms with Gasteiger partial charge in [-0.3, -0.25) is 4.79 Å². The molecule has 1 aliphatic rings. The molecule has 3 aromatic rings. The zero-order valence-electron chi connectivity index (χ0n) is 19.1. The van der Waals surface area contributed by atoms with Crippen LogP contribution in [0, 0.1) is 0 Å². The SMILES string of the molecule is CCOc1cc2occ(-c3cccc(OC)c3)c2cc1/C(C)=C/C(=O)NC1CCCCC1. The Labute approximate surface area is 189 Å². The number of amides is 1. The minimum Gasteiger partial charge on any atom is -0.497 e. The maximum atomic E-state index is 12.7. The van der Waals surface area contributed by atoms with Crippen LogP contribution in [-0.4, -0.2) is 25.7 Å². The van der Waals surface area contributed by atoms with Crippen LogP contribution in [0.3, 0.4) is 0 Å². The van der Waals surface area contributed by atoms with Gasteiger partial charge in [-0.05, 0) is 56.0 Å². The predicted octanol–water partition coefficient (Wildman–Crippen LogP) is 6.36. The van der Waals surface area contributed by atoms with Crippen molar-refractivity contribution in [3.8, 4) is 22.6 Å². The van der Waals surface area contributed by atoms with Gasteiger partial charge in [0.15, 0.2) is 0 Å². The summed E-state index contributed by atoms with van der Waals surface area (Å²) in [6.07, 6.45) is 9.21. The zero-order valence-corrected chi connectivity index (χ0v) is 19.1. The van der Waals surface area contributed by atoms with Crippen molar-refractivity contribution in [1.29, 1.82) is 0 Å². The van der Waals surface area contributed by atoms with Gasteiger partial charge in [0.1, 0.15) is 17.1 Å². The first-order valence-electron chi connectivity index (χ1n) is 11.4. The van der Waals surface area contributed by atoms with Crippen LogP contribution in [0.4, 0.5) is 0 Å². The summed E-state index contributed by atoms with van der Waals surface area (Å²) < 4.78 is 17.1. The van der Waals surface area contributed by atoms with Crippen LogP contribution in [0.15, 0.2) is 53.2 Å². The first kappa shape index (κ1) is 22.0. The van der Waals surface area contributed by atoms with E-state index >= 15 is 0 Å². The number of rotatable bonds is 7. The van der Waals surface area contributed by atoms with E-state index in [1.165, 1.54) is 19.3 Å². The number of methoxy groups -OCH3 is 1. The molecule has 5 nitrogen and oxygen atoms in total. The second kappa shape index (κ2) is 9.94. The maximum absolute atomic E-state index is 12.7. The number of carbonyl (C=O) groups excluding carboxylic acids is 1. The number of carbonyl (C=O) groups is 1. The minimum absolute atomic E-state index is 0.0443. The van der Waals surface area contributed by atoms with E-state index < -0.39 is 0 Å². The average molecular weight is 434 g/mol. The van der Waals surface area contributed by atoms with Crippen LogP contribution in [0.1, 0.15) is 51.5 Å². The van der Waals surface area contributed by atoms with Crippen LogP contribution in [0.25, 0.3) is 27.7 Å². The molecule has 0 spiro atoms. The normalized spacial score (nSPS) is 15.0. The zero-order chi connectivity index (χ0) is 22.5. The smallest absolute Gasteiger partial charge is 0.244 e. The van der Waals surface area contributed by atoms with Crippen LogP contribution in [-0.2, 0) is 4.79 Å². The van der Waals surface area contributed by atoms with Gasteiger partial charge >= 0.3 is 0 Å². The molecule has 1 saturated carbocycles. The van der Waals surface area contributed by atoms with Gasteiger partial charge in [-0.2, -0.15) is 0 Å². The second-order valence-corrected chi connectivity index (χ2v) is 8.33. The maximum Gasteiger partial charge on any atom is 0.244 e. The van der Waals surface area contributed by atoms with Crippen LogP contribution >= 0.6 is 0 Å². The Kier molecular flexibility index (Phi) is 6.84. The summed E-state index contributed by atoms with van der Waals surface area (Å²) in [4.78, 5) is 12.7. The highest BCUT2D eigenvalue weighted by molar-refractivity contribution is 6.00. The van der Waals surface area contributed by atoms with E-state index in [0.29, 0.717) is 12.4 Å². The summed E-state index contributed by atoms with van der Waals surface area (Å²) in [5.74, 6) is 1.46. The van der Waals surface area contributed by atoms with E-state index in [2.05, 4.69) is 11.4 Å². The lowest BCUT2D eigenvalue weighted by molar-refractivity contribution is -0.117. The van der Waals surface area contributed by atoms with E-state index in [9.17, 15) is 4.79 Å². The Hall–Kier alpha value is -3.21. The minimum atomic E-state index is -0.0443. The third kappa shape index (κ3) is 4.82. The molecule has 168 valence electrons. The van der Waals surface area contributed by atoms with E-state index in [4.69, 9.17) is 13.9 Å². The molecule has 5 heteroatoms. The highest BCUT2D eigenvalue weighted by Gasteiger charge is 2.17. The molecule has 2 aromatic carbocycles. The first-order valence-corrected chi connectivity index (χ1v) is 11.4. The van der Waals surface area contributed by atoms with Crippen molar-refractivity contribution in [2.24, 2.45) is 0 Å². The fourth-order valence-electron chi connectivity index (χ4n) is 4.42. The largest absolute Gasteiger partial charge is 0.497 e. The van der Waals surface area contributed by atoms with Crippen molar-refractivity contribution in [2.75, 3.05) is 13.7 Å². The third-order valence-electron chi connectivity index (χ3n) is 6.08. The van der Waals surface area contributed by atoms with Crippen LogP contribution < -0.4 is 14.8 Å². The Bertz CT molecular complexity index is 1120. The van der Waals surface area contributed by atoms with E-state index in [-0.39, 0.29) is 11.9 Å². The van der Waals surface area contributed by atoms with Crippen molar-refractivity contribution in [2.45, 2.75) is 52.0 Å². The van der Waals surface area contributed by atoms with Gasteiger partial charge in [0.2, 0.25) is 5.91 Å². The predicted molar refractivity (Wildman–Crippen MR) is 128 cm³/mol. The van der Waals surface area contributed by atoms with Gasteiger partial charge < -0.3 is 19.2 Å². The van der Waals surface area contributed by atoms with Crippen molar-refractivity contribution in [1.82, 2.24) is 5.32 Å². The van der Waals surface area contributed by atoms with Crippen LogP contribution in [0.5, 0.6) is 11.5 Å². The highest BCUT2D eigenvalue weighted by atomic mass is 16.5. The Morgan fingerprint density at radius 2 is 2.00 bits per heavy atom. The summed E-state index contributed by atoms with van der Waals surface area (Å²) >= 11 is 0. The standard InChI is InChI=1S/C27H31NO4/c1-4-31-25-16-26-23(24(17-32-26)19-9-8-12-21(14-19)30-3)15-22(25)18(2)13-27(29)28-20-10-6-5-7-11-20/h8-9,12-17,20H,4-7,10-11H2,1-3H3,(H,28,29)/b18-13+. The Morgan fingerprint density at radius 1 is 1.19 bits per heavy atom. The number of fused-ring (bicyclic) bond motifs is 1. The number of furan rings is 1. The molecule has 0 atom stereocenters. The fraction of sp³-hybridized carbons (Fsp3) is 0.370. The summed E-state index contributed by atoms with van der Waals surface area (Å²) in [5, 5.41) is 4.13. The number of benzene rings is 2. The van der Waals surface area contributed by atoms with Gasteiger partial charge in [-0.25, -0.2) is 0 Å². The molecule has 1 amide bonds. The van der Waals surface area contributed by atoms with Crippen molar-refractivity contribution in [3.63, 3.8) is 0 Å². The molecule has 4 rings (SSSR count). The Morgan fingerprint density at radius 3 is 2.75 bits per heavy atom. The number of ether oxygens (including phenoxy) is 2. The van der Waals surface area contributed by atoms with E-state index in [1.807, 2.05) is 44.2 Å². The molecule has 0 aliphatic heterocycles. The molecular formula is C27H31NO4. The molecule has 1 fully saturated rings. The van der Waals surface area contributed by atoms with Gasteiger partial charge in [0, 0.05) is 34.7 Å². The van der Waals surface area contributed by atoms with Gasteiger partial charge in [-0.1, -0.05) is 31.4 Å². The molecule has 32 heavy (non-hydrogen) atoms. The molecule has 1 N–H and O–H groups in total. The van der Waals surface area contributed by atoms with Gasteiger partial charge in [-0.15, -0.1) is 0 Å². The number of nitrogens with one attached hydrogen (secondary N) is 1. The summed E-state index contributed by atoms with van der Waals surface area (Å²) in [5.41, 5.74) is 4.48. The van der Waals surface area contributed by atoms with Crippen LogP contribution in [0.2, 0.25) is 0 Å². The molecule has 0 radical (unpaired) electrons. The molecule has 1 aliphatic carbocycles. The highest BCUT2D eigenvalue weighted by Crippen LogP contribution is 2.38. The molecule has 1 aromatic heterocycles. The number of allylic oxidation sites excluding steroid dienone is 1. The average Bonchev–Trinajstić information content (AvgIpc) is 3.22. The lowest BCUT2D eigenvalue weighted by Crippen LogP contribution is -2.35. The summed E-state index contributed by atoms with van der Waals surface area (Å²) in [7, 11) is 1.66. The summed E-state index contributed by atoms with van der Waals surface area (Å²) in [6.45, 7) is 4.44. The topological polar surface area (TPSA) is 60.7 Å². The van der Waals surface area contributed by atoms with Crippen molar-refractivity contribution < 1.29 is 18.7 Å². The fourth-order valence-corrected chi connectivity index (χ4v) is 4.42. The Balaban J connectivity index is 1.69. The molecule has 0 bridgehead atoms. The molecule has 1 heterocycles. The van der Waals surface area contributed by atoms with Crippen molar-refractivity contribution in [3.05, 3.63) is 54.3 Å². The molecular weight excluding hydrogens is 402 g/mol. The second-order valence-electron chi connectivity index (χ2n) is 8.33. The van der Waals surface area contributed by atoms with E-state index in [0.717, 1.165) is 51.8 Å². The van der Waals surface area contributed by atoms with Gasteiger partial charge in [0.25, 0.3) is 0 Å². The monoisotopic (exact) mass is 433 g/mol. The number of hydrogen-bond donors (Lipinski definition) is 1.